The molecule has 0 bridgehead atoms. The molecule has 27 heavy (non-hydrogen) atoms. The molecule has 0 radical (unpaired) electrons. The molecule has 3 rings (SSSR count). The van der Waals surface area contributed by atoms with Gasteiger partial charge in [0.05, 0.1) is 0 Å². The van der Waals surface area contributed by atoms with Crippen LogP contribution in [0, 0.1) is 11.6 Å². The molecule has 2 aromatic carbocycles. The van der Waals surface area contributed by atoms with Crippen LogP contribution in [0.15, 0.2) is 41.3 Å². The van der Waals surface area contributed by atoms with Crippen molar-refractivity contribution < 1.29 is 31.5 Å². The molecule has 7 nitrogen and oxygen atoms in total. The molecule has 1 amide bonds. The normalized spacial score (nSPS) is 12.8. The first-order chi connectivity index (χ1) is 12.8. The highest BCUT2D eigenvalue weighted by Gasteiger charge is 2.19. The van der Waals surface area contributed by atoms with E-state index in [1.165, 1.54) is 0 Å². The number of sulfonamides is 1. The van der Waals surface area contributed by atoms with E-state index in [1.54, 1.807) is 18.2 Å². The Kier molecular flexibility index (Phi) is 5.57. The van der Waals surface area contributed by atoms with Gasteiger partial charge in [0.2, 0.25) is 22.7 Å². The number of ether oxygens (including phenoxy) is 2. The van der Waals surface area contributed by atoms with Gasteiger partial charge in [-0.15, -0.1) is 0 Å². The number of hydrogen-bond acceptors (Lipinski definition) is 5. The van der Waals surface area contributed by atoms with Crippen molar-refractivity contribution in [3.8, 4) is 11.5 Å². The molecule has 0 aromatic heterocycles. The van der Waals surface area contributed by atoms with Gasteiger partial charge in [0.25, 0.3) is 0 Å². The molecule has 0 unspecified atom stereocenters. The Balaban J connectivity index is 1.47. The summed E-state index contributed by atoms with van der Waals surface area (Å²) in [5.74, 6) is -1.24. The van der Waals surface area contributed by atoms with Crippen molar-refractivity contribution in [1.29, 1.82) is 0 Å². The van der Waals surface area contributed by atoms with E-state index in [0.717, 1.165) is 12.1 Å². The monoisotopic (exact) mass is 398 g/mol. The van der Waals surface area contributed by atoms with Gasteiger partial charge >= 0.3 is 0 Å². The van der Waals surface area contributed by atoms with Crippen molar-refractivity contribution in [2.75, 3.05) is 18.7 Å². The van der Waals surface area contributed by atoms with E-state index in [-0.39, 0.29) is 32.1 Å². The molecule has 0 saturated carbocycles. The smallest absolute Gasteiger partial charge is 0.243 e. The molecule has 0 saturated heterocycles. The largest absolute Gasteiger partial charge is 0.454 e. The fourth-order valence-electron chi connectivity index (χ4n) is 2.42. The van der Waals surface area contributed by atoms with Crippen molar-refractivity contribution in [2.24, 2.45) is 0 Å². The van der Waals surface area contributed by atoms with Crippen LogP contribution >= 0.6 is 0 Å². The van der Waals surface area contributed by atoms with Crippen molar-refractivity contribution in [1.82, 2.24) is 4.72 Å². The van der Waals surface area contributed by atoms with Crippen molar-refractivity contribution in [2.45, 2.75) is 17.7 Å². The predicted molar refractivity (Wildman–Crippen MR) is 92.0 cm³/mol. The summed E-state index contributed by atoms with van der Waals surface area (Å²) >= 11 is 0. The molecule has 1 heterocycles. The number of fused-ring (bicyclic) bond motifs is 1. The van der Waals surface area contributed by atoms with Crippen LogP contribution in [0.3, 0.4) is 0 Å². The first-order valence-electron chi connectivity index (χ1n) is 7.99. The highest BCUT2D eigenvalue weighted by molar-refractivity contribution is 7.89. The third-order valence-electron chi connectivity index (χ3n) is 3.71. The van der Waals surface area contributed by atoms with Gasteiger partial charge in [-0.2, -0.15) is 0 Å². The van der Waals surface area contributed by atoms with Gasteiger partial charge in [0, 0.05) is 30.8 Å². The maximum Gasteiger partial charge on any atom is 0.243 e. The van der Waals surface area contributed by atoms with E-state index in [4.69, 9.17) is 9.47 Å². The topological polar surface area (TPSA) is 93.7 Å². The number of rotatable bonds is 7. The SMILES string of the molecule is O=C(CCCNS(=O)(=O)c1ccc(F)cc1F)Nc1ccc2c(c1)OCO2. The third-order valence-corrected chi connectivity index (χ3v) is 5.21. The zero-order valence-electron chi connectivity index (χ0n) is 14.0. The van der Waals surface area contributed by atoms with E-state index in [2.05, 4.69) is 10.0 Å². The minimum absolute atomic E-state index is 0.0445. The number of halogens is 2. The van der Waals surface area contributed by atoms with Gasteiger partial charge in [-0.25, -0.2) is 21.9 Å². The van der Waals surface area contributed by atoms with Gasteiger partial charge in [-0.05, 0) is 30.7 Å². The van der Waals surface area contributed by atoms with Gasteiger partial charge in [-0.1, -0.05) is 0 Å². The quantitative estimate of drug-likeness (QED) is 0.699. The van der Waals surface area contributed by atoms with Crippen LogP contribution in [-0.4, -0.2) is 27.7 Å². The minimum Gasteiger partial charge on any atom is -0.454 e. The average Bonchev–Trinajstić information content (AvgIpc) is 3.06. The molecule has 0 spiro atoms. The molecule has 144 valence electrons. The summed E-state index contributed by atoms with van der Waals surface area (Å²) < 4.78 is 63.0. The van der Waals surface area contributed by atoms with Crippen molar-refractivity contribution in [3.63, 3.8) is 0 Å². The Morgan fingerprint density at radius 1 is 1.07 bits per heavy atom. The maximum absolute atomic E-state index is 13.6. The van der Waals surface area contributed by atoms with Crippen LogP contribution in [-0.2, 0) is 14.8 Å². The Morgan fingerprint density at radius 3 is 2.63 bits per heavy atom. The van der Waals surface area contributed by atoms with Crippen LogP contribution in [0.1, 0.15) is 12.8 Å². The number of carbonyl (C=O) groups is 1. The minimum atomic E-state index is -4.13. The lowest BCUT2D eigenvalue weighted by Crippen LogP contribution is -2.26. The van der Waals surface area contributed by atoms with E-state index >= 15 is 0 Å². The number of nitrogens with one attached hydrogen (secondary N) is 2. The highest BCUT2D eigenvalue weighted by atomic mass is 32.2. The lowest BCUT2D eigenvalue weighted by molar-refractivity contribution is -0.116. The first kappa shape index (κ1) is 19.1. The summed E-state index contributed by atoms with van der Waals surface area (Å²) in [5.41, 5.74) is 0.526. The summed E-state index contributed by atoms with van der Waals surface area (Å²) in [7, 11) is -4.13. The Bertz CT molecular complexity index is 966. The second kappa shape index (κ2) is 7.89. The Hall–Kier alpha value is -2.72. The summed E-state index contributed by atoms with van der Waals surface area (Å²) in [6, 6.07) is 7.15. The van der Waals surface area contributed by atoms with Gasteiger partial charge in [-0.3, -0.25) is 4.79 Å². The molecule has 0 fully saturated rings. The molecule has 0 aliphatic carbocycles. The molecule has 0 atom stereocenters. The standard InChI is InChI=1S/C17H16F2N2O5S/c18-11-3-6-16(13(19)8-11)27(23,24)20-7-1-2-17(22)21-12-4-5-14-15(9-12)26-10-25-14/h3-6,8-9,20H,1-2,7,10H2,(H,21,22). The number of hydrogen-bond donors (Lipinski definition) is 2. The third kappa shape index (κ3) is 4.72. The zero-order valence-corrected chi connectivity index (χ0v) is 14.8. The number of carbonyl (C=O) groups excluding carboxylic acids is 1. The van der Waals surface area contributed by atoms with E-state index in [0.29, 0.717) is 23.3 Å². The predicted octanol–water partition coefficient (Wildman–Crippen LogP) is 2.39. The number of amides is 1. The maximum atomic E-state index is 13.6. The molecule has 1 aliphatic heterocycles. The van der Waals surface area contributed by atoms with E-state index in [9.17, 15) is 22.0 Å². The Labute approximate surface area is 154 Å². The molecule has 2 aromatic rings. The summed E-state index contributed by atoms with van der Waals surface area (Å²) in [4.78, 5) is 11.3. The summed E-state index contributed by atoms with van der Waals surface area (Å²) in [6.45, 7) is 0.0508. The second-order valence-corrected chi connectivity index (χ2v) is 7.43. The second-order valence-electron chi connectivity index (χ2n) is 5.69. The average molecular weight is 398 g/mol. The summed E-state index contributed by atoms with van der Waals surface area (Å²) in [6.07, 6.45) is 0.237. The van der Waals surface area contributed by atoms with Crippen LogP contribution in [0.4, 0.5) is 14.5 Å². The van der Waals surface area contributed by atoms with E-state index < -0.39 is 26.6 Å². The zero-order chi connectivity index (χ0) is 19.4. The van der Waals surface area contributed by atoms with Gasteiger partial charge < -0.3 is 14.8 Å². The highest BCUT2D eigenvalue weighted by Crippen LogP contribution is 2.34. The summed E-state index contributed by atoms with van der Waals surface area (Å²) in [5, 5.41) is 2.66. The van der Waals surface area contributed by atoms with E-state index in [1.807, 2.05) is 0 Å². The molecule has 10 heteroatoms. The molecular formula is C17H16F2N2O5S. The van der Waals surface area contributed by atoms with Crippen molar-refractivity contribution in [3.05, 3.63) is 48.0 Å². The van der Waals surface area contributed by atoms with Crippen molar-refractivity contribution >= 4 is 21.6 Å². The van der Waals surface area contributed by atoms with Gasteiger partial charge in [0.1, 0.15) is 16.5 Å². The van der Waals surface area contributed by atoms with Crippen LogP contribution in [0.5, 0.6) is 11.5 Å². The number of benzene rings is 2. The lowest BCUT2D eigenvalue weighted by atomic mass is 10.2. The molecule has 1 aliphatic rings. The van der Waals surface area contributed by atoms with Crippen LogP contribution in [0.25, 0.3) is 0 Å². The molecular weight excluding hydrogens is 382 g/mol. The first-order valence-corrected chi connectivity index (χ1v) is 9.48. The number of anilines is 1. The van der Waals surface area contributed by atoms with Crippen LogP contribution < -0.4 is 19.5 Å². The Morgan fingerprint density at radius 2 is 1.85 bits per heavy atom. The molecule has 2 N–H and O–H groups in total. The van der Waals surface area contributed by atoms with Crippen LogP contribution in [0.2, 0.25) is 0 Å². The van der Waals surface area contributed by atoms with Gasteiger partial charge in [0.15, 0.2) is 11.5 Å². The lowest BCUT2D eigenvalue weighted by Gasteiger charge is -2.08. The fourth-order valence-corrected chi connectivity index (χ4v) is 3.56. The fraction of sp³-hybridized carbons (Fsp3) is 0.235.